The first-order chi connectivity index (χ1) is 13.5. The van der Waals surface area contributed by atoms with E-state index in [9.17, 15) is 4.79 Å². The van der Waals surface area contributed by atoms with Crippen LogP contribution in [0.2, 0.25) is 5.02 Å². The molecule has 3 rings (SSSR count). The topological polar surface area (TPSA) is 59.8 Å². The van der Waals surface area contributed by atoms with E-state index in [2.05, 4.69) is 22.1 Å². The van der Waals surface area contributed by atoms with Crippen molar-refractivity contribution >= 4 is 35.0 Å². The first-order valence-electron chi connectivity index (χ1n) is 8.82. The second kappa shape index (κ2) is 9.08. The lowest BCUT2D eigenvalue weighted by Crippen LogP contribution is -2.23. The van der Waals surface area contributed by atoms with Crippen molar-refractivity contribution in [1.29, 1.82) is 0 Å². The molecule has 0 radical (unpaired) electrons. The number of rotatable bonds is 7. The van der Waals surface area contributed by atoms with Gasteiger partial charge in [-0.3, -0.25) is 9.36 Å². The van der Waals surface area contributed by atoms with Gasteiger partial charge in [-0.1, -0.05) is 65.8 Å². The predicted molar refractivity (Wildman–Crippen MR) is 116 cm³/mol. The van der Waals surface area contributed by atoms with Gasteiger partial charge in [-0.15, -0.1) is 16.8 Å². The number of nitrogens with zero attached hydrogens (tertiary/aromatic N) is 3. The first-order valence-corrected chi connectivity index (χ1v) is 10.1. The molecule has 0 bridgehead atoms. The van der Waals surface area contributed by atoms with E-state index in [1.54, 1.807) is 18.2 Å². The number of benzene rings is 2. The fraction of sp³-hybridized carbons (Fsp3) is 0.190. The number of allylic oxidation sites excluding steroid dienone is 1. The zero-order valence-electron chi connectivity index (χ0n) is 15.7. The summed E-state index contributed by atoms with van der Waals surface area (Å²) in [6, 6.07) is 15.3. The summed E-state index contributed by atoms with van der Waals surface area (Å²) in [6.07, 6.45) is 1.79. The van der Waals surface area contributed by atoms with Crippen molar-refractivity contribution in [3.8, 4) is 11.4 Å². The summed E-state index contributed by atoms with van der Waals surface area (Å²) < 4.78 is 1.96. The number of thioether (sulfide) groups is 1. The quantitative estimate of drug-likeness (QED) is 0.427. The van der Waals surface area contributed by atoms with Crippen LogP contribution in [0.3, 0.4) is 0 Å². The van der Waals surface area contributed by atoms with Crippen LogP contribution >= 0.6 is 23.4 Å². The van der Waals surface area contributed by atoms with Gasteiger partial charge >= 0.3 is 0 Å². The van der Waals surface area contributed by atoms with E-state index < -0.39 is 0 Å². The number of amides is 1. The first kappa shape index (κ1) is 20.2. The Morgan fingerprint density at radius 1 is 1.29 bits per heavy atom. The Bertz CT molecular complexity index is 987. The molecule has 0 aliphatic carbocycles. The maximum Gasteiger partial charge on any atom is 0.237 e. The molecule has 1 aromatic heterocycles. The summed E-state index contributed by atoms with van der Waals surface area (Å²) in [5, 5.41) is 12.4. The van der Waals surface area contributed by atoms with Gasteiger partial charge < -0.3 is 5.32 Å². The van der Waals surface area contributed by atoms with Gasteiger partial charge in [0.05, 0.1) is 5.25 Å². The lowest BCUT2D eigenvalue weighted by atomic mass is 10.2. The minimum absolute atomic E-state index is 0.121. The van der Waals surface area contributed by atoms with Gasteiger partial charge in [0.1, 0.15) is 0 Å². The van der Waals surface area contributed by atoms with Crippen LogP contribution in [0.4, 0.5) is 5.69 Å². The molecule has 144 valence electrons. The van der Waals surface area contributed by atoms with Crippen LogP contribution < -0.4 is 5.32 Å². The highest BCUT2D eigenvalue weighted by Gasteiger charge is 2.21. The maximum atomic E-state index is 12.7. The van der Waals surface area contributed by atoms with Crippen LogP contribution in [0.1, 0.15) is 12.5 Å². The summed E-state index contributed by atoms with van der Waals surface area (Å²) in [6.45, 7) is 8.15. The third-order valence-electron chi connectivity index (χ3n) is 4.17. The molecule has 1 heterocycles. The summed E-state index contributed by atoms with van der Waals surface area (Å²) >= 11 is 7.40. The molecule has 0 saturated carbocycles. The molecule has 5 nitrogen and oxygen atoms in total. The van der Waals surface area contributed by atoms with E-state index in [1.807, 2.05) is 54.8 Å². The summed E-state index contributed by atoms with van der Waals surface area (Å²) in [7, 11) is 0. The fourth-order valence-electron chi connectivity index (χ4n) is 2.65. The highest BCUT2D eigenvalue weighted by molar-refractivity contribution is 8.00. The maximum absolute atomic E-state index is 12.7. The van der Waals surface area contributed by atoms with E-state index in [-0.39, 0.29) is 11.2 Å². The van der Waals surface area contributed by atoms with Crippen LogP contribution in [0, 0.1) is 6.92 Å². The molecule has 0 fully saturated rings. The van der Waals surface area contributed by atoms with Crippen molar-refractivity contribution in [1.82, 2.24) is 14.8 Å². The second-order valence-corrected chi connectivity index (χ2v) is 8.02. The Kier molecular flexibility index (Phi) is 6.54. The molecule has 1 N–H and O–H groups in total. The Hall–Kier alpha value is -2.57. The van der Waals surface area contributed by atoms with Crippen LogP contribution in [0.5, 0.6) is 0 Å². The van der Waals surface area contributed by atoms with Crippen molar-refractivity contribution in [2.24, 2.45) is 0 Å². The van der Waals surface area contributed by atoms with E-state index in [0.717, 1.165) is 17.0 Å². The van der Waals surface area contributed by atoms with Crippen molar-refractivity contribution in [2.45, 2.75) is 30.8 Å². The van der Waals surface area contributed by atoms with Gasteiger partial charge in [0.25, 0.3) is 0 Å². The van der Waals surface area contributed by atoms with Gasteiger partial charge in [-0.25, -0.2) is 0 Å². The van der Waals surface area contributed by atoms with Crippen molar-refractivity contribution in [3.05, 3.63) is 71.8 Å². The van der Waals surface area contributed by atoms with E-state index >= 15 is 0 Å². The number of aromatic nitrogens is 3. The standard InChI is InChI=1S/C21H21ClN4OS/c1-4-12-26-19(16-8-6-5-7-9-16)24-25-21(26)28-15(3)20(27)23-18-13-17(22)11-10-14(18)2/h4-11,13,15H,1,12H2,2-3H3,(H,23,27)/t15-/m1/s1. The van der Waals surface area contributed by atoms with Gasteiger partial charge in [0, 0.05) is 22.8 Å². The highest BCUT2D eigenvalue weighted by atomic mass is 35.5. The minimum Gasteiger partial charge on any atom is -0.325 e. The van der Waals surface area contributed by atoms with E-state index in [4.69, 9.17) is 11.6 Å². The molecule has 2 aromatic carbocycles. The lowest BCUT2D eigenvalue weighted by Gasteiger charge is -2.14. The van der Waals surface area contributed by atoms with Gasteiger partial charge in [0.15, 0.2) is 11.0 Å². The molecular weight excluding hydrogens is 392 g/mol. The Labute approximate surface area is 173 Å². The van der Waals surface area contributed by atoms with Crippen LogP contribution in [-0.2, 0) is 11.3 Å². The molecule has 3 aromatic rings. The predicted octanol–water partition coefficient (Wildman–Crippen LogP) is 5.21. The molecular formula is C21H21ClN4OS. The number of nitrogens with one attached hydrogen (secondary N) is 1. The number of hydrogen-bond acceptors (Lipinski definition) is 4. The Morgan fingerprint density at radius 3 is 2.75 bits per heavy atom. The van der Waals surface area contributed by atoms with E-state index in [1.165, 1.54) is 11.8 Å². The van der Waals surface area contributed by atoms with Crippen molar-refractivity contribution in [3.63, 3.8) is 0 Å². The number of aryl methyl sites for hydroxylation is 1. The number of carbonyl (C=O) groups is 1. The fourth-order valence-corrected chi connectivity index (χ4v) is 3.68. The molecule has 0 spiro atoms. The van der Waals surface area contributed by atoms with Crippen LogP contribution in [0.25, 0.3) is 11.4 Å². The van der Waals surface area contributed by atoms with E-state index in [0.29, 0.717) is 22.4 Å². The Balaban J connectivity index is 1.79. The lowest BCUT2D eigenvalue weighted by molar-refractivity contribution is -0.115. The average Bonchev–Trinajstić information content (AvgIpc) is 3.08. The Morgan fingerprint density at radius 2 is 2.04 bits per heavy atom. The minimum atomic E-state index is -0.366. The normalized spacial score (nSPS) is 11.8. The summed E-state index contributed by atoms with van der Waals surface area (Å²) in [5.41, 5.74) is 2.63. The second-order valence-electron chi connectivity index (χ2n) is 6.28. The average molecular weight is 413 g/mol. The van der Waals surface area contributed by atoms with Gasteiger partial charge in [0.2, 0.25) is 5.91 Å². The largest absolute Gasteiger partial charge is 0.325 e. The molecule has 0 aliphatic rings. The third kappa shape index (κ3) is 4.64. The molecule has 1 atom stereocenters. The van der Waals surface area contributed by atoms with Crippen LogP contribution in [0.15, 0.2) is 66.3 Å². The SMILES string of the molecule is C=CCn1c(S[C@H](C)C(=O)Nc2cc(Cl)ccc2C)nnc1-c1ccccc1. The van der Waals surface area contributed by atoms with Gasteiger partial charge in [-0.05, 0) is 31.5 Å². The monoisotopic (exact) mass is 412 g/mol. The summed E-state index contributed by atoms with van der Waals surface area (Å²) in [5.74, 6) is 0.631. The van der Waals surface area contributed by atoms with Crippen LogP contribution in [-0.4, -0.2) is 25.9 Å². The number of halogens is 1. The highest BCUT2D eigenvalue weighted by Crippen LogP contribution is 2.28. The molecule has 0 aliphatic heterocycles. The molecule has 0 saturated heterocycles. The molecule has 7 heteroatoms. The summed E-state index contributed by atoms with van der Waals surface area (Å²) in [4.78, 5) is 12.7. The molecule has 0 unspecified atom stereocenters. The van der Waals surface area contributed by atoms with Crippen molar-refractivity contribution < 1.29 is 4.79 Å². The van der Waals surface area contributed by atoms with Crippen molar-refractivity contribution in [2.75, 3.05) is 5.32 Å². The zero-order valence-corrected chi connectivity index (χ0v) is 17.3. The number of carbonyl (C=O) groups excluding carboxylic acids is 1. The van der Waals surface area contributed by atoms with Gasteiger partial charge in [-0.2, -0.15) is 0 Å². The smallest absolute Gasteiger partial charge is 0.237 e. The molecule has 28 heavy (non-hydrogen) atoms. The number of hydrogen-bond donors (Lipinski definition) is 1. The third-order valence-corrected chi connectivity index (χ3v) is 5.48. The zero-order chi connectivity index (χ0) is 20.1. The number of anilines is 1. The molecule has 1 amide bonds.